The van der Waals surface area contributed by atoms with Gasteiger partial charge in [-0.3, -0.25) is 4.79 Å². The van der Waals surface area contributed by atoms with Crippen molar-refractivity contribution < 1.29 is 0 Å². The van der Waals surface area contributed by atoms with Crippen molar-refractivity contribution in [2.45, 2.75) is 13.8 Å². The van der Waals surface area contributed by atoms with Gasteiger partial charge in [-0.05, 0) is 25.0 Å². The maximum absolute atomic E-state index is 12.3. The predicted molar refractivity (Wildman–Crippen MR) is 79.8 cm³/mol. The van der Waals surface area contributed by atoms with Gasteiger partial charge in [-0.15, -0.1) is 11.3 Å². The van der Waals surface area contributed by atoms with E-state index in [-0.39, 0.29) is 5.56 Å². The molecule has 0 atom stereocenters. The van der Waals surface area contributed by atoms with Gasteiger partial charge in [-0.2, -0.15) is 0 Å². The molecule has 0 amide bonds. The van der Waals surface area contributed by atoms with Crippen molar-refractivity contribution in [3.63, 3.8) is 0 Å². The van der Waals surface area contributed by atoms with Crippen LogP contribution in [-0.2, 0) is 7.05 Å². The lowest BCUT2D eigenvalue weighted by molar-refractivity contribution is 0.845. The first-order chi connectivity index (χ1) is 9.08. The van der Waals surface area contributed by atoms with Gasteiger partial charge in [0.25, 0.3) is 5.56 Å². The van der Waals surface area contributed by atoms with Crippen LogP contribution in [0.2, 0.25) is 0 Å². The highest BCUT2D eigenvalue weighted by molar-refractivity contribution is 7.17. The smallest absolute Gasteiger partial charge is 0.262 e. The van der Waals surface area contributed by atoms with E-state index in [1.165, 1.54) is 27.0 Å². The molecule has 0 aliphatic heterocycles. The summed E-state index contributed by atoms with van der Waals surface area (Å²) in [5, 5.41) is 2.75. The minimum Gasteiger partial charge on any atom is -0.302 e. The molecular formula is C15H14N2OS. The Hall–Kier alpha value is -1.94. The number of benzene rings is 1. The van der Waals surface area contributed by atoms with Crippen LogP contribution in [0.1, 0.15) is 11.1 Å². The van der Waals surface area contributed by atoms with Crippen LogP contribution in [0, 0.1) is 13.8 Å². The highest BCUT2D eigenvalue weighted by Crippen LogP contribution is 2.32. The zero-order chi connectivity index (χ0) is 13.6. The molecule has 0 N–H and O–H groups in total. The summed E-state index contributed by atoms with van der Waals surface area (Å²) in [5.74, 6) is 0. The number of nitrogens with zero attached hydrogens (tertiary/aromatic N) is 2. The zero-order valence-corrected chi connectivity index (χ0v) is 11.9. The van der Waals surface area contributed by atoms with Gasteiger partial charge in [0.15, 0.2) is 0 Å². The van der Waals surface area contributed by atoms with Gasteiger partial charge in [0.05, 0.1) is 11.7 Å². The first-order valence-corrected chi connectivity index (χ1v) is 6.96. The molecule has 3 nitrogen and oxygen atoms in total. The Balaban J connectivity index is 2.37. The predicted octanol–water partition coefficient (Wildman–Crippen LogP) is 3.28. The normalized spacial score (nSPS) is 11.1. The molecule has 0 saturated carbocycles. The minimum atomic E-state index is 0.0150. The molecule has 0 aliphatic rings. The van der Waals surface area contributed by atoms with Crippen molar-refractivity contribution in [3.05, 3.63) is 51.4 Å². The van der Waals surface area contributed by atoms with E-state index >= 15 is 0 Å². The van der Waals surface area contributed by atoms with Crippen LogP contribution in [0.3, 0.4) is 0 Å². The second kappa shape index (κ2) is 4.31. The van der Waals surface area contributed by atoms with E-state index in [1.54, 1.807) is 13.4 Å². The summed E-state index contributed by atoms with van der Waals surface area (Å²) in [6.45, 7) is 4.15. The molecule has 3 rings (SSSR count). The number of aromatic nitrogens is 2. The SMILES string of the molecule is Cc1ccc(-c2csc3ncn(C)c(=O)c23)c(C)c1. The third-order valence-corrected chi connectivity index (χ3v) is 4.21. The molecule has 19 heavy (non-hydrogen) atoms. The second-order valence-corrected chi connectivity index (χ2v) is 5.67. The largest absolute Gasteiger partial charge is 0.302 e. The monoisotopic (exact) mass is 270 g/mol. The molecular weight excluding hydrogens is 256 g/mol. The lowest BCUT2D eigenvalue weighted by Gasteiger charge is -2.06. The van der Waals surface area contributed by atoms with E-state index < -0.39 is 0 Å². The number of rotatable bonds is 1. The fraction of sp³-hybridized carbons (Fsp3) is 0.200. The van der Waals surface area contributed by atoms with E-state index in [1.807, 2.05) is 5.38 Å². The van der Waals surface area contributed by atoms with E-state index in [2.05, 4.69) is 37.0 Å². The van der Waals surface area contributed by atoms with Gasteiger partial charge in [0.1, 0.15) is 4.83 Å². The summed E-state index contributed by atoms with van der Waals surface area (Å²) in [4.78, 5) is 17.4. The Kier molecular flexibility index (Phi) is 2.75. The maximum atomic E-state index is 12.3. The first-order valence-electron chi connectivity index (χ1n) is 6.08. The van der Waals surface area contributed by atoms with Crippen molar-refractivity contribution in [1.29, 1.82) is 0 Å². The van der Waals surface area contributed by atoms with Crippen LogP contribution in [-0.4, -0.2) is 9.55 Å². The number of thiophene rings is 1. The van der Waals surface area contributed by atoms with Crippen LogP contribution >= 0.6 is 11.3 Å². The van der Waals surface area contributed by atoms with Crippen LogP contribution in [0.4, 0.5) is 0 Å². The quantitative estimate of drug-likeness (QED) is 0.680. The summed E-state index contributed by atoms with van der Waals surface area (Å²) in [7, 11) is 1.73. The van der Waals surface area contributed by atoms with E-state index in [9.17, 15) is 4.79 Å². The van der Waals surface area contributed by atoms with Crippen LogP contribution in [0.25, 0.3) is 21.3 Å². The Labute approximate surface area is 115 Å². The van der Waals surface area contributed by atoms with Gasteiger partial charge >= 0.3 is 0 Å². The number of fused-ring (bicyclic) bond motifs is 1. The second-order valence-electron chi connectivity index (χ2n) is 4.81. The lowest BCUT2D eigenvalue weighted by Crippen LogP contribution is -2.16. The topological polar surface area (TPSA) is 34.9 Å². The molecule has 2 heterocycles. The van der Waals surface area contributed by atoms with Crippen molar-refractivity contribution in [2.75, 3.05) is 0 Å². The number of hydrogen-bond donors (Lipinski definition) is 0. The molecule has 2 aromatic heterocycles. The molecule has 0 bridgehead atoms. The van der Waals surface area contributed by atoms with Crippen molar-refractivity contribution in [3.8, 4) is 11.1 Å². The standard InChI is InChI=1S/C15H14N2OS/c1-9-4-5-11(10(2)6-9)12-7-19-14-13(12)15(18)17(3)8-16-14/h4-8H,1-3H3. The highest BCUT2D eigenvalue weighted by Gasteiger charge is 2.13. The van der Waals surface area contributed by atoms with E-state index in [0.717, 1.165) is 21.3 Å². The van der Waals surface area contributed by atoms with Gasteiger partial charge in [0.2, 0.25) is 0 Å². The Morgan fingerprint density at radius 3 is 2.74 bits per heavy atom. The lowest BCUT2D eigenvalue weighted by atomic mass is 9.99. The third kappa shape index (κ3) is 1.88. The molecule has 3 aromatic rings. The summed E-state index contributed by atoms with van der Waals surface area (Å²) in [6.07, 6.45) is 1.58. The average molecular weight is 270 g/mol. The molecule has 4 heteroatoms. The van der Waals surface area contributed by atoms with Crippen LogP contribution in [0.15, 0.2) is 34.7 Å². The fourth-order valence-electron chi connectivity index (χ4n) is 2.33. The average Bonchev–Trinajstić information content (AvgIpc) is 2.78. The Bertz CT molecular complexity index is 830. The van der Waals surface area contributed by atoms with Crippen molar-refractivity contribution >= 4 is 21.6 Å². The minimum absolute atomic E-state index is 0.0150. The Morgan fingerprint density at radius 1 is 1.21 bits per heavy atom. The third-order valence-electron chi connectivity index (χ3n) is 3.33. The summed E-state index contributed by atoms with van der Waals surface area (Å²) in [5.41, 5.74) is 4.53. The van der Waals surface area contributed by atoms with Gasteiger partial charge < -0.3 is 4.57 Å². The van der Waals surface area contributed by atoms with E-state index in [0.29, 0.717) is 0 Å². The summed E-state index contributed by atoms with van der Waals surface area (Å²) < 4.78 is 1.53. The van der Waals surface area contributed by atoms with Crippen molar-refractivity contribution in [1.82, 2.24) is 9.55 Å². The van der Waals surface area contributed by atoms with Crippen LogP contribution < -0.4 is 5.56 Å². The number of hydrogen-bond acceptors (Lipinski definition) is 3. The molecule has 0 unspecified atom stereocenters. The Morgan fingerprint density at radius 2 is 2.00 bits per heavy atom. The zero-order valence-electron chi connectivity index (χ0n) is 11.1. The fourth-order valence-corrected chi connectivity index (χ4v) is 3.23. The first kappa shape index (κ1) is 12.1. The number of aryl methyl sites for hydroxylation is 3. The molecule has 0 radical (unpaired) electrons. The van der Waals surface area contributed by atoms with Gasteiger partial charge in [0, 0.05) is 18.0 Å². The van der Waals surface area contributed by atoms with Gasteiger partial charge in [-0.1, -0.05) is 23.8 Å². The summed E-state index contributed by atoms with van der Waals surface area (Å²) >= 11 is 1.52. The molecule has 0 saturated heterocycles. The highest BCUT2D eigenvalue weighted by atomic mass is 32.1. The molecule has 0 spiro atoms. The molecule has 0 fully saturated rings. The summed E-state index contributed by atoms with van der Waals surface area (Å²) in [6, 6.07) is 6.30. The maximum Gasteiger partial charge on any atom is 0.262 e. The molecule has 96 valence electrons. The molecule has 0 aliphatic carbocycles. The van der Waals surface area contributed by atoms with Crippen LogP contribution in [0.5, 0.6) is 0 Å². The van der Waals surface area contributed by atoms with E-state index in [4.69, 9.17) is 0 Å². The molecule has 1 aromatic carbocycles. The van der Waals surface area contributed by atoms with Gasteiger partial charge in [-0.25, -0.2) is 4.98 Å². The van der Waals surface area contributed by atoms with Crippen molar-refractivity contribution in [2.24, 2.45) is 7.05 Å².